The second-order valence-corrected chi connectivity index (χ2v) is 3.22. The summed E-state index contributed by atoms with van der Waals surface area (Å²) in [7, 11) is 0. The molecule has 3 nitrogen and oxygen atoms in total. The van der Waals surface area contributed by atoms with Gasteiger partial charge in [0.15, 0.2) is 0 Å². The van der Waals surface area contributed by atoms with E-state index in [1.165, 1.54) is 0 Å². The van der Waals surface area contributed by atoms with E-state index in [2.05, 4.69) is 5.32 Å². The fourth-order valence-corrected chi connectivity index (χ4v) is 1.07. The lowest BCUT2D eigenvalue weighted by atomic mass is 10.1. The molecule has 0 spiro atoms. The molecule has 13 heavy (non-hydrogen) atoms. The minimum absolute atomic E-state index is 0.0758. The molecule has 0 saturated carbocycles. The molecule has 0 heterocycles. The number of carbonyl (C=O) groups excluding carboxylic acids is 1. The molecule has 1 rings (SSSR count). The quantitative estimate of drug-likeness (QED) is 0.710. The minimum Gasteiger partial charge on any atom is -0.447 e. The summed E-state index contributed by atoms with van der Waals surface area (Å²) in [6, 6.07) is 0. The van der Waals surface area contributed by atoms with Gasteiger partial charge >= 0.3 is 6.09 Å². The predicted octanol–water partition coefficient (Wildman–Crippen LogP) is 2.35. The van der Waals surface area contributed by atoms with Crippen LogP contribution < -0.4 is 5.32 Å². The lowest BCUT2D eigenvalue weighted by Gasteiger charge is -2.11. The lowest BCUT2D eigenvalue weighted by Crippen LogP contribution is -2.25. The van der Waals surface area contributed by atoms with Gasteiger partial charge in [0.25, 0.3) is 0 Å². The van der Waals surface area contributed by atoms with Crippen LogP contribution in [-0.4, -0.2) is 12.2 Å². The van der Waals surface area contributed by atoms with Crippen molar-refractivity contribution in [2.45, 2.75) is 32.8 Å². The van der Waals surface area contributed by atoms with Crippen molar-refractivity contribution in [1.82, 2.24) is 5.32 Å². The Labute approximate surface area is 78.5 Å². The Hall–Kier alpha value is -1.25. The van der Waals surface area contributed by atoms with E-state index in [0.29, 0.717) is 0 Å². The first-order chi connectivity index (χ1) is 6.18. The van der Waals surface area contributed by atoms with Gasteiger partial charge in [-0.05, 0) is 32.8 Å². The molecule has 1 amide bonds. The van der Waals surface area contributed by atoms with Crippen LogP contribution in [0.5, 0.6) is 0 Å². The second-order valence-electron chi connectivity index (χ2n) is 3.22. The zero-order valence-corrected chi connectivity index (χ0v) is 8.04. The summed E-state index contributed by atoms with van der Waals surface area (Å²) in [6.45, 7) is 3.65. The summed E-state index contributed by atoms with van der Waals surface area (Å²) >= 11 is 0. The average Bonchev–Trinajstić information content (AvgIpc) is 2.04. The van der Waals surface area contributed by atoms with Crippen LogP contribution in [0.25, 0.3) is 0 Å². The number of nitrogens with one attached hydrogen (secondary N) is 1. The van der Waals surface area contributed by atoms with Gasteiger partial charge in [0.1, 0.15) is 0 Å². The summed E-state index contributed by atoms with van der Waals surface area (Å²) in [6.07, 6.45) is 7.48. The van der Waals surface area contributed by atoms with E-state index in [4.69, 9.17) is 4.74 Å². The Kier molecular flexibility index (Phi) is 3.55. The number of amides is 1. The molecule has 0 aromatic rings. The van der Waals surface area contributed by atoms with Crippen LogP contribution in [0.4, 0.5) is 4.79 Å². The Morgan fingerprint density at radius 1 is 1.54 bits per heavy atom. The Bertz CT molecular complexity index is 241. The van der Waals surface area contributed by atoms with Crippen LogP contribution >= 0.6 is 0 Å². The Balaban J connectivity index is 2.35. The maximum atomic E-state index is 11.1. The van der Waals surface area contributed by atoms with Crippen molar-refractivity contribution in [1.29, 1.82) is 0 Å². The molecular weight excluding hydrogens is 166 g/mol. The number of carbonyl (C=O) groups is 1. The van der Waals surface area contributed by atoms with Crippen molar-refractivity contribution >= 4 is 6.09 Å². The molecule has 72 valence electrons. The first-order valence-corrected chi connectivity index (χ1v) is 4.53. The van der Waals surface area contributed by atoms with Gasteiger partial charge in [-0.1, -0.05) is 12.2 Å². The molecule has 3 heteroatoms. The normalized spacial score (nSPS) is 15.5. The van der Waals surface area contributed by atoms with E-state index in [1.54, 1.807) is 0 Å². The van der Waals surface area contributed by atoms with Crippen molar-refractivity contribution in [3.8, 4) is 0 Å². The molecule has 0 aliphatic heterocycles. The van der Waals surface area contributed by atoms with Gasteiger partial charge in [-0.3, -0.25) is 5.32 Å². The fraction of sp³-hybridized carbons (Fsp3) is 0.500. The van der Waals surface area contributed by atoms with Gasteiger partial charge in [0.2, 0.25) is 0 Å². The fourth-order valence-electron chi connectivity index (χ4n) is 1.07. The maximum absolute atomic E-state index is 11.1. The monoisotopic (exact) mass is 181 g/mol. The molecular formula is C10H15NO2. The van der Waals surface area contributed by atoms with Crippen LogP contribution in [0.2, 0.25) is 0 Å². The molecule has 0 atom stereocenters. The van der Waals surface area contributed by atoms with E-state index in [1.807, 2.05) is 32.1 Å². The minimum atomic E-state index is -0.382. The zero-order chi connectivity index (χ0) is 9.68. The van der Waals surface area contributed by atoms with Gasteiger partial charge < -0.3 is 4.74 Å². The van der Waals surface area contributed by atoms with Crippen molar-refractivity contribution in [2.24, 2.45) is 0 Å². The second kappa shape index (κ2) is 4.70. The van der Waals surface area contributed by atoms with Gasteiger partial charge in [0.05, 0.1) is 6.10 Å². The summed E-state index contributed by atoms with van der Waals surface area (Å²) in [5.41, 5.74) is 0.830. The molecule has 0 aromatic carbocycles. The zero-order valence-electron chi connectivity index (χ0n) is 8.04. The van der Waals surface area contributed by atoms with Crippen molar-refractivity contribution in [2.75, 3.05) is 0 Å². The maximum Gasteiger partial charge on any atom is 0.411 e. The van der Waals surface area contributed by atoms with Crippen molar-refractivity contribution < 1.29 is 9.53 Å². The smallest absolute Gasteiger partial charge is 0.411 e. The molecule has 1 aliphatic rings. The summed E-state index contributed by atoms with van der Waals surface area (Å²) in [5.74, 6) is 0. The highest BCUT2D eigenvalue weighted by molar-refractivity contribution is 5.70. The molecule has 0 saturated heterocycles. The number of hydrogen-bond donors (Lipinski definition) is 1. The first kappa shape index (κ1) is 9.84. The van der Waals surface area contributed by atoms with E-state index in [-0.39, 0.29) is 12.2 Å². The third-order valence-corrected chi connectivity index (χ3v) is 1.58. The third kappa shape index (κ3) is 3.78. The van der Waals surface area contributed by atoms with E-state index in [9.17, 15) is 4.79 Å². The third-order valence-electron chi connectivity index (χ3n) is 1.58. The molecule has 0 aromatic heterocycles. The largest absolute Gasteiger partial charge is 0.447 e. The number of ether oxygens (including phenoxy) is 1. The predicted molar refractivity (Wildman–Crippen MR) is 51.2 cm³/mol. The topological polar surface area (TPSA) is 38.3 Å². The van der Waals surface area contributed by atoms with Gasteiger partial charge in [-0.2, -0.15) is 0 Å². The summed E-state index contributed by atoms with van der Waals surface area (Å²) in [4.78, 5) is 11.1. The van der Waals surface area contributed by atoms with Crippen LogP contribution in [0.3, 0.4) is 0 Å². The Morgan fingerprint density at radius 3 is 2.85 bits per heavy atom. The standard InChI is InChI=1S/C10H15NO2/c1-8(2)13-10(12)11-9-6-4-3-5-7-9/h4,6-8H,3,5H2,1-2H3,(H,11,12). The number of alkyl carbamates (subject to hydrolysis) is 1. The number of rotatable bonds is 2. The number of hydrogen-bond acceptors (Lipinski definition) is 2. The summed E-state index contributed by atoms with van der Waals surface area (Å²) in [5, 5.41) is 2.66. The van der Waals surface area contributed by atoms with E-state index >= 15 is 0 Å². The molecule has 0 bridgehead atoms. The first-order valence-electron chi connectivity index (χ1n) is 4.53. The number of allylic oxidation sites excluding steroid dienone is 3. The van der Waals surface area contributed by atoms with Gasteiger partial charge in [-0.15, -0.1) is 0 Å². The van der Waals surface area contributed by atoms with Crippen LogP contribution in [0.1, 0.15) is 26.7 Å². The highest BCUT2D eigenvalue weighted by atomic mass is 16.6. The Morgan fingerprint density at radius 2 is 2.31 bits per heavy atom. The highest BCUT2D eigenvalue weighted by Gasteiger charge is 2.06. The van der Waals surface area contributed by atoms with Crippen LogP contribution in [0.15, 0.2) is 23.9 Å². The molecule has 1 aliphatic carbocycles. The van der Waals surface area contributed by atoms with Crippen molar-refractivity contribution in [3.63, 3.8) is 0 Å². The SMILES string of the molecule is CC(C)OC(=O)NC1=CCCC=C1. The molecule has 1 N–H and O–H groups in total. The van der Waals surface area contributed by atoms with Gasteiger partial charge in [-0.25, -0.2) is 4.79 Å². The lowest BCUT2D eigenvalue weighted by molar-refractivity contribution is 0.118. The van der Waals surface area contributed by atoms with E-state index < -0.39 is 0 Å². The highest BCUT2D eigenvalue weighted by Crippen LogP contribution is 2.06. The summed E-state index contributed by atoms with van der Waals surface area (Å²) < 4.78 is 4.93. The molecule has 0 unspecified atom stereocenters. The van der Waals surface area contributed by atoms with Crippen molar-refractivity contribution in [3.05, 3.63) is 23.9 Å². The average molecular weight is 181 g/mol. The van der Waals surface area contributed by atoms with E-state index in [0.717, 1.165) is 18.5 Å². The molecule has 0 radical (unpaired) electrons. The van der Waals surface area contributed by atoms with Gasteiger partial charge in [0, 0.05) is 5.70 Å². The van der Waals surface area contributed by atoms with Crippen LogP contribution in [0, 0.1) is 0 Å². The molecule has 0 fully saturated rings. The van der Waals surface area contributed by atoms with Crippen LogP contribution in [-0.2, 0) is 4.74 Å².